The van der Waals surface area contributed by atoms with E-state index in [9.17, 15) is 13.2 Å². The van der Waals surface area contributed by atoms with E-state index in [0.29, 0.717) is 18.7 Å². The number of benzene rings is 1. The van der Waals surface area contributed by atoms with Crippen LogP contribution in [0.25, 0.3) is 11.0 Å². The average molecular weight is 299 g/mol. The smallest absolute Gasteiger partial charge is 0.381 e. The van der Waals surface area contributed by atoms with Gasteiger partial charge < -0.3 is 15.0 Å². The molecule has 1 saturated heterocycles. The molecule has 3 rings (SSSR count). The van der Waals surface area contributed by atoms with Gasteiger partial charge in [0.1, 0.15) is 0 Å². The van der Waals surface area contributed by atoms with Gasteiger partial charge in [-0.3, -0.25) is 0 Å². The van der Waals surface area contributed by atoms with Crippen molar-refractivity contribution in [3.63, 3.8) is 0 Å². The molecule has 2 heterocycles. The molecule has 1 aliphatic rings. The second kappa shape index (κ2) is 4.62. The molecule has 0 spiro atoms. The monoisotopic (exact) mass is 299 g/mol. The first kappa shape index (κ1) is 14.2. The summed E-state index contributed by atoms with van der Waals surface area (Å²) in [5, 5.41) is 0. The third kappa shape index (κ3) is 2.35. The highest BCUT2D eigenvalue weighted by Gasteiger charge is 2.34. The predicted molar refractivity (Wildman–Crippen MR) is 72.8 cm³/mol. The molecule has 2 N–H and O–H groups in total. The number of rotatable bonds is 1. The summed E-state index contributed by atoms with van der Waals surface area (Å²) in [7, 11) is 0. The molecule has 0 unspecified atom stereocenters. The van der Waals surface area contributed by atoms with Gasteiger partial charge in [0, 0.05) is 18.8 Å². The van der Waals surface area contributed by atoms with Gasteiger partial charge in [0.15, 0.2) is 0 Å². The van der Waals surface area contributed by atoms with E-state index in [1.54, 1.807) is 0 Å². The van der Waals surface area contributed by atoms with Crippen molar-refractivity contribution < 1.29 is 17.9 Å². The standard InChI is InChI=1S/C14H16F3N3O/c1-13(4-6-21-7-5-13)20-11-3-2-9(14(15,16)17)8-10(11)19-12(20)18/h2-3,8H,4-7H2,1H3,(H2,18,19). The fourth-order valence-electron chi connectivity index (χ4n) is 2.88. The minimum atomic E-state index is -4.38. The summed E-state index contributed by atoms with van der Waals surface area (Å²) in [6, 6.07) is 3.57. The highest BCUT2D eigenvalue weighted by Crippen LogP contribution is 2.37. The number of nitrogens with two attached hydrogens (primary N) is 1. The van der Waals surface area contributed by atoms with Gasteiger partial charge in [0.05, 0.1) is 16.6 Å². The van der Waals surface area contributed by atoms with Crippen molar-refractivity contribution >= 4 is 17.0 Å². The Morgan fingerprint density at radius 1 is 1.29 bits per heavy atom. The van der Waals surface area contributed by atoms with E-state index >= 15 is 0 Å². The summed E-state index contributed by atoms with van der Waals surface area (Å²) < 4.78 is 45.5. The van der Waals surface area contributed by atoms with E-state index in [1.807, 2.05) is 11.5 Å². The molecule has 1 fully saturated rings. The first-order valence-electron chi connectivity index (χ1n) is 6.75. The maximum atomic E-state index is 12.8. The van der Waals surface area contributed by atoms with Crippen LogP contribution in [0.5, 0.6) is 0 Å². The van der Waals surface area contributed by atoms with Crippen LogP contribution >= 0.6 is 0 Å². The van der Waals surface area contributed by atoms with Crippen LogP contribution in [0, 0.1) is 0 Å². The van der Waals surface area contributed by atoms with Gasteiger partial charge in [-0.2, -0.15) is 13.2 Å². The van der Waals surface area contributed by atoms with E-state index in [4.69, 9.17) is 10.5 Å². The summed E-state index contributed by atoms with van der Waals surface area (Å²) in [6.45, 7) is 3.25. The summed E-state index contributed by atoms with van der Waals surface area (Å²) in [5.74, 6) is 0.244. The fourth-order valence-corrected chi connectivity index (χ4v) is 2.88. The van der Waals surface area contributed by atoms with Crippen LogP contribution in [-0.2, 0) is 16.5 Å². The Morgan fingerprint density at radius 2 is 1.95 bits per heavy atom. The van der Waals surface area contributed by atoms with E-state index in [2.05, 4.69) is 4.98 Å². The van der Waals surface area contributed by atoms with Crippen LogP contribution in [-0.4, -0.2) is 22.8 Å². The number of alkyl halides is 3. The van der Waals surface area contributed by atoms with Crippen LogP contribution in [0.1, 0.15) is 25.3 Å². The van der Waals surface area contributed by atoms with Crippen molar-refractivity contribution in [1.29, 1.82) is 0 Å². The molecule has 0 saturated carbocycles. The number of anilines is 1. The maximum absolute atomic E-state index is 12.8. The second-order valence-corrected chi connectivity index (χ2v) is 5.62. The molecule has 0 aliphatic carbocycles. The Kier molecular flexibility index (Phi) is 3.12. The molecule has 1 aromatic carbocycles. The molecule has 2 aromatic rings. The zero-order valence-corrected chi connectivity index (χ0v) is 11.6. The lowest BCUT2D eigenvalue weighted by Crippen LogP contribution is -2.37. The SMILES string of the molecule is CC1(n2c(N)nc3cc(C(F)(F)F)ccc32)CCOCC1. The Morgan fingerprint density at radius 3 is 2.57 bits per heavy atom. The van der Waals surface area contributed by atoms with Crippen LogP contribution in [0.15, 0.2) is 18.2 Å². The maximum Gasteiger partial charge on any atom is 0.416 e. The minimum Gasteiger partial charge on any atom is -0.381 e. The molecule has 0 atom stereocenters. The highest BCUT2D eigenvalue weighted by molar-refractivity contribution is 5.79. The van der Waals surface area contributed by atoms with E-state index in [0.717, 1.165) is 25.0 Å². The number of aromatic nitrogens is 2. The lowest BCUT2D eigenvalue weighted by atomic mass is 9.92. The molecule has 114 valence electrons. The lowest BCUT2D eigenvalue weighted by Gasteiger charge is -2.36. The molecule has 1 aliphatic heterocycles. The Bertz CT molecular complexity index is 672. The van der Waals surface area contributed by atoms with Gasteiger partial charge in [0.25, 0.3) is 0 Å². The first-order valence-corrected chi connectivity index (χ1v) is 6.75. The predicted octanol–water partition coefficient (Wildman–Crippen LogP) is 3.16. The fraction of sp³-hybridized carbons (Fsp3) is 0.500. The van der Waals surface area contributed by atoms with Gasteiger partial charge in [0.2, 0.25) is 5.95 Å². The minimum absolute atomic E-state index is 0.244. The molecule has 0 amide bonds. The second-order valence-electron chi connectivity index (χ2n) is 5.62. The summed E-state index contributed by atoms with van der Waals surface area (Å²) >= 11 is 0. The first-order chi connectivity index (χ1) is 9.81. The number of nitrogens with zero attached hydrogens (tertiary/aromatic N) is 2. The molecule has 0 bridgehead atoms. The largest absolute Gasteiger partial charge is 0.416 e. The molecule has 21 heavy (non-hydrogen) atoms. The highest BCUT2D eigenvalue weighted by atomic mass is 19.4. The summed E-state index contributed by atoms with van der Waals surface area (Å²) in [4.78, 5) is 4.11. The number of nitrogen functional groups attached to an aromatic ring is 1. The van der Waals surface area contributed by atoms with Gasteiger partial charge in [-0.25, -0.2) is 4.98 Å². The lowest BCUT2D eigenvalue weighted by molar-refractivity contribution is -0.137. The normalized spacial score (nSPS) is 19.0. The van der Waals surface area contributed by atoms with E-state index in [-0.39, 0.29) is 17.0 Å². The van der Waals surface area contributed by atoms with Crippen LogP contribution in [0.4, 0.5) is 19.1 Å². The molecular weight excluding hydrogens is 283 g/mol. The van der Waals surface area contributed by atoms with Crippen molar-refractivity contribution in [1.82, 2.24) is 9.55 Å². The number of fused-ring (bicyclic) bond motifs is 1. The van der Waals surface area contributed by atoms with Crippen LogP contribution in [0.2, 0.25) is 0 Å². The number of imidazole rings is 1. The van der Waals surface area contributed by atoms with E-state index in [1.165, 1.54) is 6.07 Å². The Hall–Kier alpha value is -1.76. The van der Waals surface area contributed by atoms with Crippen molar-refractivity contribution in [3.05, 3.63) is 23.8 Å². The third-order valence-corrected chi connectivity index (χ3v) is 4.12. The van der Waals surface area contributed by atoms with E-state index < -0.39 is 11.7 Å². The quantitative estimate of drug-likeness (QED) is 0.880. The molecule has 4 nitrogen and oxygen atoms in total. The van der Waals surface area contributed by atoms with Crippen LogP contribution in [0.3, 0.4) is 0 Å². The van der Waals surface area contributed by atoms with Crippen LogP contribution < -0.4 is 5.73 Å². The van der Waals surface area contributed by atoms with Gasteiger partial charge >= 0.3 is 6.18 Å². The van der Waals surface area contributed by atoms with Gasteiger partial charge in [-0.15, -0.1) is 0 Å². The van der Waals surface area contributed by atoms with Crippen molar-refractivity contribution in [3.8, 4) is 0 Å². The average Bonchev–Trinajstić information content (AvgIpc) is 2.74. The van der Waals surface area contributed by atoms with Gasteiger partial charge in [-0.1, -0.05) is 0 Å². The third-order valence-electron chi connectivity index (χ3n) is 4.12. The number of halogens is 3. The molecule has 0 radical (unpaired) electrons. The number of hydrogen-bond donors (Lipinski definition) is 1. The Balaban J connectivity index is 2.14. The summed E-state index contributed by atoms with van der Waals surface area (Å²) in [5.41, 5.74) is 5.87. The number of hydrogen-bond acceptors (Lipinski definition) is 3. The van der Waals surface area contributed by atoms with Crippen molar-refractivity contribution in [2.75, 3.05) is 18.9 Å². The van der Waals surface area contributed by atoms with Crippen molar-refractivity contribution in [2.45, 2.75) is 31.5 Å². The summed E-state index contributed by atoms with van der Waals surface area (Å²) in [6.07, 6.45) is -2.87. The number of ether oxygens (including phenoxy) is 1. The Labute approximate surface area is 119 Å². The molecule has 1 aromatic heterocycles. The molecule has 7 heteroatoms. The zero-order valence-electron chi connectivity index (χ0n) is 11.6. The van der Waals surface area contributed by atoms with Crippen molar-refractivity contribution in [2.24, 2.45) is 0 Å². The topological polar surface area (TPSA) is 53.1 Å². The van der Waals surface area contributed by atoms with Gasteiger partial charge in [-0.05, 0) is 38.0 Å². The molecular formula is C14H16F3N3O. The zero-order chi connectivity index (χ0) is 15.3.